The molecule has 0 aliphatic rings. The Morgan fingerprint density at radius 3 is 2.39 bits per heavy atom. The van der Waals surface area contributed by atoms with Crippen molar-refractivity contribution in [2.24, 2.45) is 4.99 Å². The second-order valence-electron chi connectivity index (χ2n) is 3.99. The highest BCUT2D eigenvalue weighted by molar-refractivity contribution is 7.89. The molecule has 0 radical (unpaired) electrons. The van der Waals surface area contributed by atoms with Crippen LogP contribution >= 0.6 is 0 Å². The summed E-state index contributed by atoms with van der Waals surface area (Å²) in [4.78, 5) is 4.35. The quantitative estimate of drug-likeness (QED) is 0.833. The molecule has 18 heavy (non-hydrogen) atoms. The van der Waals surface area contributed by atoms with Gasteiger partial charge in [0.1, 0.15) is 5.82 Å². The van der Waals surface area contributed by atoms with Crippen molar-refractivity contribution in [1.82, 2.24) is 4.72 Å². The van der Waals surface area contributed by atoms with E-state index in [2.05, 4.69) is 9.71 Å². The van der Waals surface area contributed by atoms with Gasteiger partial charge in [-0.25, -0.2) is 13.4 Å². The Hall–Kier alpha value is -1.62. The number of hydrogen-bond acceptors (Lipinski definition) is 3. The van der Waals surface area contributed by atoms with Crippen LogP contribution in [0.25, 0.3) is 0 Å². The lowest BCUT2D eigenvalue weighted by Crippen LogP contribution is -2.23. The summed E-state index contributed by atoms with van der Waals surface area (Å²) in [5, 5.41) is 0. The second kappa shape index (κ2) is 6.35. The molecular formula is C13H18N2O2S. The minimum atomic E-state index is -3.56. The van der Waals surface area contributed by atoms with Gasteiger partial charge in [0, 0.05) is 6.21 Å². The van der Waals surface area contributed by atoms with Crippen molar-refractivity contribution < 1.29 is 8.42 Å². The molecule has 0 unspecified atom stereocenters. The van der Waals surface area contributed by atoms with Crippen LogP contribution in [0.2, 0.25) is 0 Å². The number of nitrogens with zero attached hydrogens (tertiary/aromatic N) is 1. The smallest absolute Gasteiger partial charge is 0.263 e. The van der Waals surface area contributed by atoms with Gasteiger partial charge in [0.15, 0.2) is 0 Å². The molecule has 5 heteroatoms. The Bertz CT molecular complexity index is 542. The molecule has 0 atom stereocenters. The lowest BCUT2D eigenvalue weighted by atomic mass is 10.3. The van der Waals surface area contributed by atoms with E-state index in [0.29, 0.717) is 5.82 Å². The highest BCUT2D eigenvalue weighted by Crippen LogP contribution is 2.11. The Balaban J connectivity index is 3.02. The highest BCUT2D eigenvalue weighted by atomic mass is 32.2. The van der Waals surface area contributed by atoms with Gasteiger partial charge in [-0.15, -0.1) is 0 Å². The van der Waals surface area contributed by atoms with E-state index in [4.69, 9.17) is 0 Å². The molecule has 1 aromatic rings. The lowest BCUT2D eigenvalue weighted by molar-refractivity contribution is 0.588. The van der Waals surface area contributed by atoms with Crippen LogP contribution in [0, 0.1) is 0 Å². The average molecular weight is 266 g/mol. The standard InChI is InChI=1S/C13H18N2O2S/c1-4-10-14-13(11(2)3)15-18(16,17)12-8-6-5-7-9-12/h5-10,15H,4H2,1-3H3. The van der Waals surface area contributed by atoms with E-state index in [1.165, 1.54) is 0 Å². The molecule has 4 nitrogen and oxygen atoms in total. The van der Waals surface area contributed by atoms with Gasteiger partial charge in [0.05, 0.1) is 4.90 Å². The molecule has 0 fully saturated rings. The first-order chi connectivity index (χ1) is 8.47. The molecule has 0 spiro atoms. The fraction of sp³-hybridized carbons (Fsp3) is 0.308. The van der Waals surface area contributed by atoms with Crippen LogP contribution in [0.3, 0.4) is 0 Å². The first kappa shape index (κ1) is 14.4. The molecule has 1 rings (SSSR count). The van der Waals surface area contributed by atoms with E-state index >= 15 is 0 Å². The van der Waals surface area contributed by atoms with E-state index < -0.39 is 10.0 Å². The molecule has 1 N–H and O–H groups in total. The summed E-state index contributed by atoms with van der Waals surface area (Å²) >= 11 is 0. The third-order valence-electron chi connectivity index (χ3n) is 2.16. The Morgan fingerprint density at radius 1 is 1.28 bits per heavy atom. The van der Waals surface area contributed by atoms with Crippen LogP contribution < -0.4 is 4.72 Å². The number of rotatable bonds is 5. The normalized spacial score (nSPS) is 11.5. The SMILES string of the molecule is CCC=NC(NS(=O)(=O)c1ccccc1)=C(C)C. The van der Waals surface area contributed by atoms with Crippen molar-refractivity contribution in [2.45, 2.75) is 32.1 Å². The molecule has 0 aliphatic heterocycles. The molecule has 0 heterocycles. The Labute approximate surface area is 109 Å². The van der Waals surface area contributed by atoms with Crippen molar-refractivity contribution in [3.8, 4) is 0 Å². The minimum absolute atomic E-state index is 0.232. The molecule has 0 amide bonds. The minimum Gasteiger partial charge on any atom is -0.263 e. The average Bonchev–Trinajstić information content (AvgIpc) is 2.35. The monoisotopic (exact) mass is 266 g/mol. The van der Waals surface area contributed by atoms with Crippen LogP contribution in [-0.4, -0.2) is 14.6 Å². The number of hydrogen-bond donors (Lipinski definition) is 1. The molecular weight excluding hydrogens is 248 g/mol. The molecule has 0 saturated heterocycles. The summed E-state index contributed by atoms with van der Waals surface area (Å²) in [5.41, 5.74) is 0.819. The lowest BCUT2D eigenvalue weighted by Gasteiger charge is -2.09. The van der Waals surface area contributed by atoms with E-state index in [-0.39, 0.29) is 4.90 Å². The summed E-state index contributed by atoms with van der Waals surface area (Å²) < 4.78 is 26.7. The fourth-order valence-corrected chi connectivity index (χ4v) is 2.37. The third kappa shape index (κ3) is 4.00. The molecule has 0 aromatic heterocycles. The van der Waals surface area contributed by atoms with E-state index in [0.717, 1.165) is 12.0 Å². The van der Waals surface area contributed by atoms with Gasteiger partial charge >= 0.3 is 0 Å². The summed E-state index contributed by atoms with van der Waals surface area (Å²) in [6.07, 6.45) is 2.43. The van der Waals surface area contributed by atoms with Crippen molar-refractivity contribution >= 4 is 16.2 Å². The number of allylic oxidation sites excluding steroid dienone is 1. The van der Waals surface area contributed by atoms with Crippen LogP contribution in [0.4, 0.5) is 0 Å². The molecule has 0 saturated carbocycles. The summed E-state index contributed by atoms with van der Waals surface area (Å²) in [7, 11) is -3.56. The third-order valence-corrected chi connectivity index (χ3v) is 3.52. The number of aliphatic imine (C=N–C) groups is 1. The van der Waals surface area contributed by atoms with E-state index in [1.807, 2.05) is 20.8 Å². The van der Waals surface area contributed by atoms with Crippen LogP contribution in [0.5, 0.6) is 0 Å². The van der Waals surface area contributed by atoms with Crippen molar-refractivity contribution in [2.75, 3.05) is 0 Å². The zero-order valence-electron chi connectivity index (χ0n) is 10.8. The van der Waals surface area contributed by atoms with Gasteiger partial charge in [0.25, 0.3) is 10.0 Å². The van der Waals surface area contributed by atoms with Gasteiger partial charge in [-0.1, -0.05) is 25.1 Å². The molecule has 98 valence electrons. The maximum Gasteiger partial charge on any atom is 0.263 e. The topological polar surface area (TPSA) is 58.5 Å². The van der Waals surface area contributed by atoms with Crippen molar-refractivity contribution in [3.63, 3.8) is 0 Å². The number of benzene rings is 1. The second-order valence-corrected chi connectivity index (χ2v) is 5.67. The van der Waals surface area contributed by atoms with Crippen molar-refractivity contribution in [3.05, 3.63) is 41.7 Å². The van der Waals surface area contributed by atoms with Crippen LogP contribution in [0.15, 0.2) is 51.6 Å². The first-order valence-corrected chi connectivity index (χ1v) is 7.23. The van der Waals surface area contributed by atoms with Crippen LogP contribution in [0.1, 0.15) is 27.2 Å². The maximum absolute atomic E-state index is 12.1. The predicted molar refractivity (Wildman–Crippen MR) is 73.9 cm³/mol. The fourth-order valence-electron chi connectivity index (χ4n) is 1.23. The highest BCUT2D eigenvalue weighted by Gasteiger charge is 2.14. The first-order valence-electron chi connectivity index (χ1n) is 5.75. The van der Waals surface area contributed by atoms with Gasteiger partial charge in [-0.3, -0.25) is 4.72 Å². The van der Waals surface area contributed by atoms with Crippen LogP contribution in [-0.2, 0) is 10.0 Å². The molecule has 1 aromatic carbocycles. The van der Waals surface area contributed by atoms with Gasteiger partial charge in [-0.2, -0.15) is 0 Å². The largest absolute Gasteiger partial charge is 0.263 e. The zero-order valence-corrected chi connectivity index (χ0v) is 11.7. The van der Waals surface area contributed by atoms with Gasteiger partial charge in [-0.05, 0) is 38.0 Å². The Morgan fingerprint density at radius 2 is 1.89 bits per heavy atom. The summed E-state index contributed by atoms with van der Waals surface area (Å²) in [6, 6.07) is 8.25. The summed E-state index contributed by atoms with van der Waals surface area (Å²) in [5.74, 6) is 0.376. The zero-order chi connectivity index (χ0) is 13.6. The maximum atomic E-state index is 12.1. The number of sulfonamides is 1. The number of nitrogens with one attached hydrogen (secondary N) is 1. The van der Waals surface area contributed by atoms with Crippen molar-refractivity contribution in [1.29, 1.82) is 0 Å². The summed E-state index contributed by atoms with van der Waals surface area (Å²) in [6.45, 7) is 5.57. The van der Waals surface area contributed by atoms with E-state index in [9.17, 15) is 8.42 Å². The van der Waals surface area contributed by atoms with Gasteiger partial charge < -0.3 is 0 Å². The van der Waals surface area contributed by atoms with E-state index in [1.54, 1.807) is 36.5 Å². The Kier molecular flexibility index (Phi) is 5.09. The predicted octanol–water partition coefficient (Wildman–Crippen LogP) is 2.70. The molecule has 0 bridgehead atoms. The van der Waals surface area contributed by atoms with Gasteiger partial charge in [0.2, 0.25) is 0 Å². The molecule has 0 aliphatic carbocycles.